The van der Waals surface area contributed by atoms with E-state index in [-0.39, 0.29) is 0 Å². The van der Waals surface area contributed by atoms with E-state index in [4.69, 9.17) is 0 Å². The largest absolute Gasteiger partial charge is 0.375 e. The third-order valence-corrected chi connectivity index (χ3v) is 15.9. The molecule has 2 heteroatoms. The van der Waals surface area contributed by atoms with Crippen LogP contribution in [0.4, 0.5) is 17.1 Å². The molecule has 2 spiro atoms. The van der Waals surface area contributed by atoms with Crippen molar-refractivity contribution < 1.29 is 0 Å². The number of hydrogen-bond acceptors (Lipinski definition) is 2. The SMILES string of the molecule is CC.CC.CC.CC.CC.CC.CC.CC.CC.CCN(C)c1ccc2c(c1)C1(c3ccccc3-c3ccccc31)c1cc3c(cc1-2)C1(c2ccccc2-c2ccccc21)c1cc(N(CC)c2cccc4c2-c2ccccc2C4)ccc1-3. The second-order valence-corrected chi connectivity index (χ2v) is 18.5. The number of rotatable bonds is 5. The summed E-state index contributed by atoms with van der Waals surface area (Å²) >= 11 is 0. The van der Waals surface area contributed by atoms with E-state index in [2.05, 4.69) is 219 Å². The van der Waals surface area contributed by atoms with Crippen molar-refractivity contribution in [2.45, 2.75) is 156 Å². The van der Waals surface area contributed by atoms with Crippen molar-refractivity contribution in [1.82, 2.24) is 0 Å². The third-order valence-electron chi connectivity index (χ3n) is 15.9. The van der Waals surface area contributed by atoms with Gasteiger partial charge in [0.15, 0.2) is 0 Å². The van der Waals surface area contributed by atoms with Gasteiger partial charge < -0.3 is 9.80 Å². The van der Waals surface area contributed by atoms with Gasteiger partial charge in [0.2, 0.25) is 0 Å². The molecule has 0 aromatic heterocycles. The highest BCUT2D eigenvalue weighted by molar-refractivity contribution is 6.02. The predicted molar refractivity (Wildman–Crippen MR) is 367 cm³/mol. The molecule has 0 bridgehead atoms. The maximum atomic E-state index is 2.64. The minimum absolute atomic E-state index is 0.457. The number of anilines is 3. The van der Waals surface area contributed by atoms with Crippen LogP contribution in [-0.4, -0.2) is 20.1 Å². The van der Waals surface area contributed by atoms with E-state index in [1.54, 1.807) is 0 Å². The minimum Gasteiger partial charge on any atom is -0.375 e. The zero-order valence-corrected chi connectivity index (χ0v) is 54.4. The Bertz CT molecular complexity index is 3410. The molecule has 2 nitrogen and oxygen atoms in total. The summed E-state index contributed by atoms with van der Waals surface area (Å²) in [6, 6.07) is 72.8. The summed E-state index contributed by atoms with van der Waals surface area (Å²) in [6.07, 6.45) is 0.980. The van der Waals surface area contributed by atoms with Crippen LogP contribution in [0.5, 0.6) is 0 Å². The molecular formula is C80H100N2. The lowest BCUT2D eigenvalue weighted by molar-refractivity contribution is 0.782. The molecule has 9 aromatic carbocycles. The summed E-state index contributed by atoms with van der Waals surface area (Å²) in [4.78, 5) is 4.94. The van der Waals surface area contributed by atoms with E-state index in [1.807, 2.05) is 125 Å². The molecule has 0 saturated heterocycles. The summed E-state index contributed by atoms with van der Waals surface area (Å²) < 4.78 is 0. The topological polar surface area (TPSA) is 6.48 Å². The lowest BCUT2D eigenvalue weighted by Crippen LogP contribution is -2.28. The summed E-state index contributed by atoms with van der Waals surface area (Å²) in [7, 11) is 2.22. The van der Waals surface area contributed by atoms with Crippen molar-refractivity contribution in [1.29, 1.82) is 0 Å². The van der Waals surface area contributed by atoms with Gasteiger partial charge in [-0.2, -0.15) is 0 Å². The number of benzene rings is 9. The Hall–Kier alpha value is -7.42. The lowest BCUT2D eigenvalue weighted by atomic mass is 9.68. The maximum absolute atomic E-state index is 2.64. The molecule has 0 aliphatic heterocycles. The fourth-order valence-corrected chi connectivity index (χ4v) is 13.2. The van der Waals surface area contributed by atoms with Crippen molar-refractivity contribution >= 4 is 17.1 Å². The van der Waals surface area contributed by atoms with Crippen molar-refractivity contribution in [3.05, 3.63) is 244 Å². The molecule has 5 aliphatic rings. The molecule has 0 radical (unpaired) electrons. The predicted octanol–water partition coefficient (Wildman–Crippen LogP) is 23.8. The highest BCUT2D eigenvalue weighted by Crippen LogP contribution is 2.68. The summed E-state index contributed by atoms with van der Waals surface area (Å²) in [5, 5.41) is 0. The van der Waals surface area contributed by atoms with Crippen LogP contribution in [0.3, 0.4) is 0 Å². The first kappa shape index (κ1) is 65.4. The normalized spacial score (nSPS) is 12.2. The first-order chi connectivity index (χ1) is 40.6. The molecule has 0 saturated carbocycles. The summed E-state index contributed by atoms with van der Waals surface area (Å²) in [5.74, 6) is 0. The first-order valence-corrected chi connectivity index (χ1v) is 32.1. The number of fused-ring (bicyclic) bond motifs is 23. The van der Waals surface area contributed by atoms with Gasteiger partial charge >= 0.3 is 0 Å². The second-order valence-electron chi connectivity index (χ2n) is 18.5. The molecule has 9 aromatic rings. The number of nitrogens with zero attached hydrogens (tertiary/aromatic N) is 2. The van der Waals surface area contributed by atoms with Gasteiger partial charge in [-0.05, 0) is 168 Å². The molecule has 5 aliphatic carbocycles. The van der Waals surface area contributed by atoms with Gasteiger partial charge in [0, 0.05) is 42.8 Å². The van der Waals surface area contributed by atoms with Gasteiger partial charge in [-0.1, -0.05) is 270 Å². The minimum atomic E-state index is -0.503. The summed E-state index contributed by atoms with van der Waals surface area (Å²) in [6.45, 7) is 42.3. The highest BCUT2D eigenvalue weighted by Gasteiger charge is 2.56. The Morgan fingerprint density at radius 3 is 1.02 bits per heavy atom. The Morgan fingerprint density at radius 1 is 0.293 bits per heavy atom. The van der Waals surface area contributed by atoms with Gasteiger partial charge in [0.25, 0.3) is 0 Å². The van der Waals surface area contributed by atoms with Crippen LogP contribution in [0.2, 0.25) is 0 Å². The molecule has 0 N–H and O–H groups in total. The zero-order chi connectivity index (χ0) is 60.5. The Balaban J connectivity index is 0.000000629. The van der Waals surface area contributed by atoms with Crippen molar-refractivity contribution in [3.63, 3.8) is 0 Å². The van der Waals surface area contributed by atoms with Crippen molar-refractivity contribution in [2.24, 2.45) is 0 Å². The third kappa shape index (κ3) is 10.1. The molecule has 0 atom stereocenters. The molecule has 0 heterocycles. The van der Waals surface area contributed by atoms with Crippen LogP contribution < -0.4 is 9.80 Å². The lowest BCUT2D eigenvalue weighted by Gasteiger charge is -2.33. The molecule has 0 fully saturated rings. The zero-order valence-electron chi connectivity index (χ0n) is 54.4. The Morgan fingerprint density at radius 2 is 0.622 bits per heavy atom. The molecule has 0 amide bonds. The number of hydrogen-bond donors (Lipinski definition) is 0. The Kier molecular flexibility index (Phi) is 24.0. The monoisotopic (exact) mass is 1090 g/mol. The second kappa shape index (κ2) is 30.0. The van der Waals surface area contributed by atoms with Gasteiger partial charge in [-0.15, -0.1) is 0 Å². The van der Waals surface area contributed by atoms with Crippen LogP contribution in [0, 0.1) is 0 Å². The van der Waals surface area contributed by atoms with E-state index in [0.717, 1.165) is 19.5 Å². The average Bonchev–Trinajstić information content (AvgIpc) is 1.71. The molecule has 0 unspecified atom stereocenters. The summed E-state index contributed by atoms with van der Waals surface area (Å²) in [5.41, 5.74) is 30.0. The highest BCUT2D eigenvalue weighted by atomic mass is 15.1. The van der Waals surface area contributed by atoms with Crippen LogP contribution in [0.15, 0.2) is 188 Å². The van der Waals surface area contributed by atoms with E-state index in [0.29, 0.717) is 0 Å². The average molecular weight is 1090 g/mol. The molecule has 14 rings (SSSR count). The van der Waals surface area contributed by atoms with E-state index in [9.17, 15) is 0 Å². The Labute approximate surface area is 499 Å². The van der Waals surface area contributed by atoms with Crippen LogP contribution in [0.1, 0.15) is 194 Å². The van der Waals surface area contributed by atoms with E-state index < -0.39 is 10.8 Å². The van der Waals surface area contributed by atoms with Crippen LogP contribution in [-0.2, 0) is 17.3 Å². The fraction of sp³-hybridized carbons (Fsp3) is 0.325. The van der Waals surface area contributed by atoms with E-state index in [1.165, 1.54) is 128 Å². The van der Waals surface area contributed by atoms with Gasteiger partial charge in [-0.25, -0.2) is 0 Å². The smallest absolute Gasteiger partial charge is 0.0726 e. The molecule has 430 valence electrons. The van der Waals surface area contributed by atoms with Gasteiger partial charge in [0.1, 0.15) is 0 Å². The first-order valence-electron chi connectivity index (χ1n) is 32.1. The van der Waals surface area contributed by atoms with Gasteiger partial charge in [-0.3, -0.25) is 0 Å². The van der Waals surface area contributed by atoms with Crippen LogP contribution in [0.25, 0.3) is 55.6 Å². The van der Waals surface area contributed by atoms with Crippen molar-refractivity contribution in [3.8, 4) is 55.6 Å². The standard InChI is InChI=1S/C62H46N2.9C2H6/c1-4-63(3)40-29-31-47-49-36-58-50(37-57(49)61(55(47)34-40)51-24-12-8-20-43(51)44-21-9-13-25-52(44)61)48-32-30-41(64(5-2)59-28-16-18-39-33-38-17-6-7-19-42(38)60(39)59)35-56(48)62(58)53-26-14-10-22-45(53)46-23-11-15-27-54(46)62;9*1-2/h6-32,34-37H,4-5,33H2,1-3H3;9*1-2H3. The van der Waals surface area contributed by atoms with E-state index >= 15 is 0 Å². The fourth-order valence-electron chi connectivity index (χ4n) is 13.2. The maximum Gasteiger partial charge on any atom is 0.0726 e. The van der Waals surface area contributed by atoms with Crippen LogP contribution >= 0.6 is 0 Å². The molecule has 82 heavy (non-hydrogen) atoms. The quantitative estimate of drug-likeness (QED) is 0.169. The molecular weight excluding hydrogens is 989 g/mol. The van der Waals surface area contributed by atoms with Gasteiger partial charge in [0.05, 0.1) is 10.8 Å². The van der Waals surface area contributed by atoms with Crippen molar-refractivity contribution in [2.75, 3.05) is 29.9 Å².